The van der Waals surface area contributed by atoms with Gasteiger partial charge in [-0.15, -0.1) is 6.58 Å². The Balaban J connectivity index is 3.26. The first kappa shape index (κ1) is 33.3. The molecule has 0 spiro atoms. The largest absolute Gasteiger partial charge is 0.415 e. The quantitative estimate of drug-likeness (QED) is 0.193. The molecule has 2 atom stereocenters. The van der Waals surface area contributed by atoms with Crippen LogP contribution in [-0.2, 0) is 18.9 Å². The Morgan fingerprint density at radius 1 is 0.917 bits per heavy atom. The summed E-state index contributed by atoms with van der Waals surface area (Å²) in [6.45, 7) is 32.2. The molecule has 0 radical (unpaired) electrons. The van der Waals surface area contributed by atoms with Crippen LogP contribution in [0.2, 0.25) is 36.3 Å². The van der Waals surface area contributed by atoms with Gasteiger partial charge in [-0.3, -0.25) is 0 Å². The summed E-state index contributed by atoms with van der Waals surface area (Å²) < 4.78 is 42.3. The second-order valence-corrected chi connectivity index (χ2v) is 24.7. The lowest BCUT2D eigenvalue weighted by atomic mass is 10.1. The molecule has 0 N–H and O–H groups in total. The first-order chi connectivity index (χ1) is 16.1. The maximum absolute atomic E-state index is 13.9. The predicted molar refractivity (Wildman–Crippen MR) is 159 cm³/mol. The highest BCUT2D eigenvalue weighted by molar-refractivity contribution is 7.89. The molecule has 1 unspecified atom stereocenters. The first-order valence-corrected chi connectivity index (χ1v) is 20.4. The van der Waals surface area contributed by atoms with Crippen molar-refractivity contribution in [2.45, 2.75) is 128 Å². The van der Waals surface area contributed by atoms with Crippen molar-refractivity contribution >= 4 is 26.7 Å². The van der Waals surface area contributed by atoms with E-state index in [-0.39, 0.29) is 28.3 Å². The van der Waals surface area contributed by atoms with Crippen LogP contribution in [0.25, 0.3) is 0 Å². The van der Waals surface area contributed by atoms with Gasteiger partial charge in [0.2, 0.25) is 10.0 Å². The fraction of sp³-hybridized carbons (Fsp3) is 0.714. The third-order valence-corrected chi connectivity index (χ3v) is 19.2. The summed E-state index contributed by atoms with van der Waals surface area (Å²) in [7, 11) is -7.72. The Labute approximate surface area is 225 Å². The Hall–Kier alpha value is -0.776. The zero-order valence-electron chi connectivity index (χ0n) is 25.2. The lowest BCUT2D eigenvalue weighted by Gasteiger charge is -2.40. The van der Waals surface area contributed by atoms with Crippen LogP contribution in [0.3, 0.4) is 0 Å². The summed E-state index contributed by atoms with van der Waals surface area (Å²) >= 11 is 0. The Kier molecular flexibility index (Phi) is 11.0. The fourth-order valence-corrected chi connectivity index (χ4v) is 7.81. The molecular weight excluding hydrogens is 503 g/mol. The summed E-state index contributed by atoms with van der Waals surface area (Å²) in [6.07, 6.45) is 2.21. The van der Waals surface area contributed by atoms with Gasteiger partial charge < -0.3 is 8.85 Å². The highest BCUT2D eigenvalue weighted by Gasteiger charge is 2.41. The fourth-order valence-electron chi connectivity index (χ4n) is 3.57. The van der Waals surface area contributed by atoms with Gasteiger partial charge in [0.15, 0.2) is 16.6 Å². The Morgan fingerprint density at radius 3 is 1.78 bits per heavy atom. The van der Waals surface area contributed by atoms with E-state index < -0.39 is 26.7 Å². The second-order valence-electron chi connectivity index (χ2n) is 13.3. The Morgan fingerprint density at radius 2 is 1.39 bits per heavy atom. The van der Waals surface area contributed by atoms with Crippen molar-refractivity contribution in [3.05, 3.63) is 42.5 Å². The van der Waals surface area contributed by atoms with Crippen molar-refractivity contribution in [3.63, 3.8) is 0 Å². The molecule has 0 amide bonds. The van der Waals surface area contributed by atoms with Crippen LogP contribution < -0.4 is 0 Å². The number of hydrogen-bond donors (Lipinski definition) is 0. The van der Waals surface area contributed by atoms with Gasteiger partial charge in [0.1, 0.15) is 0 Å². The van der Waals surface area contributed by atoms with Gasteiger partial charge in [0, 0.05) is 6.04 Å². The third-order valence-electron chi connectivity index (χ3n) is 7.95. The van der Waals surface area contributed by atoms with E-state index in [9.17, 15) is 8.42 Å². The van der Waals surface area contributed by atoms with Gasteiger partial charge in [-0.1, -0.05) is 59.8 Å². The monoisotopic (exact) mass is 555 g/mol. The third kappa shape index (κ3) is 8.11. The summed E-state index contributed by atoms with van der Waals surface area (Å²) in [5.74, 6) is 0. The number of nitrogens with zero attached hydrogens (tertiary/aromatic N) is 1. The number of hydrogen-bond acceptors (Lipinski definition) is 4. The molecule has 0 bridgehead atoms. The molecule has 0 aliphatic rings. The maximum atomic E-state index is 13.9. The minimum atomic E-state index is -3.74. The molecule has 1 aromatic rings. The molecule has 208 valence electrons. The number of benzene rings is 1. The lowest BCUT2D eigenvalue weighted by molar-refractivity contribution is 0.172. The Bertz CT molecular complexity index is 959. The summed E-state index contributed by atoms with van der Waals surface area (Å²) in [4.78, 5) is 0.292. The highest BCUT2D eigenvalue weighted by Crippen LogP contribution is 2.40. The second kappa shape index (κ2) is 12.0. The lowest BCUT2D eigenvalue weighted by Crippen LogP contribution is -2.50. The van der Waals surface area contributed by atoms with Gasteiger partial charge in [-0.2, -0.15) is 4.31 Å². The normalized spacial score (nSPS) is 15.9. The molecule has 8 heteroatoms. The highest BCUT2D eigenvalue weighted by atomic mass is 32.2. The van der Waals surface area contributed by atoms with E-state index in [4.69, 9.17) is 8.85 Å². The van der Waals surface area contributed by atoms with E-state index in [1.807, 2.05) is 32.9 Å². The zero-order valence-corrected chi connectivity index (χ0v) is 28.0. The summed E-state index contributed by atoms with van der Waals surface area (Å²) in [6, 6.07) is 6.66. The van der Waals surface area contributed by atoms with E-state index in [1.54, 1.807) is 22.5 Å². The predicted octanol–water partition coefficient (Wildman–Crippen LogP) is 8.14. The number of rotatable bonds is 12. The van der Waals surface area contributed by atoms with Crippen molar-refractivity contribution in [3.8, 4) is 0 Å². The summed E-state index contributed by atoms with van der Waals surface area (Å²) in [5, 5.41) is 0.154. The van der Waals surface area contributed by atoms with Crippen LogP contribution in [0.15, 0.2) is 41.8 Å². The zero-order chi connectivity index (χ0) is 28.3. The van der Waals surface area contributed by atoms with Gasteiger partial charge in [-0.05, 0) is 81.2 Å². The number of sulfonamides is 1. The van der Waals surface area contributed by atoms with Crippen molar-refractivity contribution in [1.82, 2.24) is 4.31 Å². The SMILES string of the molecule is C=CCC(CO[Si](C)(C)C(C)(C)C)N(C(C)C)S(=O)(=O)c1ccc([C@H](C)O[Si](C)(C)C(C)(C)C)cc1. The van der Waals surface area contributed by atoms with Crippen LogP contribution in [0.4, 0.5) is 0 Å². The van der Waals surface area contributed by atoms with Gasteiger partial charge in [0.25, 0.3) is 0 Å². The molecular formula is C28H53NO4SSi2. The van der Waals surface area contributed by atoms with E-state index in [0.29, 0.717) is 17.9 Å². The van der Waals surface area contributed by atoms with Crippen molar-refractivity contribution in [2.75, 3.05) is 6.61 Å². The van der Waals surface area contributed by atoms with Gasteiger partial charge in [-0.25, -0.2) is 8.42 Å². The smallest absolute Gasteiger partial charge is 0.243 e. The van der Waals surface area contributed by atoms with E-state index in [0.717, 1.165) is 5.56 Å². The van der Waals surface area contributed by atoms with E-state index in [1.165, 1.54) is 0 Å². The maximum Gasteiger partial charge on any atom is 0.243 e. The molecule has 1 rings (SSSR count). The molecule has 0 saturated carbocycles. The molecule has 0 aliphatic carbocycles. The summed E-state index contributed by atoms with van der Waals surface area (Å²) in [5.41, 5.74) is 0.985. The molecule has 0 aromatic heterocycles. The molecule has 36 heavy (non-hydrogen) atoms. The van der Waals surface area contributed by atoms with Crippen LogP contribution in [-0.4, -0.2) is 48.0 Å². The van der Waals surface area contributed by atoms with Crippen molar-refractivity contribution < 1.29 is 17.3 Å². The topological polar surface area (TPSA) is 55.8 Å². The average Bonchev–Trinajstić information content (AvgIpc) is 2.70. The van der Waals surface area contributed by atoms with Gasteiger partial charge in [0.05, 0.1) is 23.6 Å². The van der Waals surface area contributed by atoms with Crippen molar-refractivity contribution in [2.24, 2.45) is 0 Å². The van der Waals surface area contributed by atoms with Crippen LogP contribution >= 0.6 is 0 Å². The molecule has 0 heterocycles. The molecule has 0 fully saturated rings. The van der Waals surface area contributed by atoms with Gasteiger partial charge >= 0.3 is 0 Å². The van der Waals surface area contributed by atoms with Crippen LogP contribution in [0.5, 0.6) is 0 Å². The van der Waals surface area contributed by atoms with Crippen LogP contribution in [0.1, 0.15) is 80.4 Å². The molecule has 5 nitrogen and oxygen atoms in total. The molecule has 0 saturated heterocycles. The molecule has 0 aliphatic heterocycles. The minimum Gasteiger partial charge on any atom is -0.415 e. The van der Waals surface area contributed by atoms with Crippen LogP contribution in [0, 0.1) is 0 Å². The standard InChI is InChI=1S/C28H53NO4SSi2/c1-15-16-25(21-32-35(11,12)27(5,6)7)29(22(2)3)34(30,31)26-19-17-24(18-20-26)23(4)33-36(13,14)28(8,9)10/h15,17-20,22-23,25H,1,16,21H2,2-14H3/t23-,25?/m0/s1. The first-order valence-electron chi connectivity index (χ1n) is 13.1. The van der Waals surface area contributed by atoms with E-state index >= 15 is 0 Å². The van der Waals surface area contributed by atoms with E-state index in [2.05, 4.69) is 74.3 Å². The van der Waals surface area contributed by atoms with Crippen molar-refractivity contribution in [1.29, 1.82) is 0 Å². The minimum absolute atomic E-state index is 0.0479. The molecule has 1 aromatic carbocycles. The average molecular weight is 556 g/mol.